The molecule has 15 heavy (non-hydrogen) atoms. The Morgan fingerprint density at radius 2 is 1.93 bits per heavy atom. The lowest BCUT2D eigenvalue weighted by Crippen LogP contribution is -2.36. The van der Waals surface area contributed by atoms with Crippen LogP contribution in [0.5, 0.6) is 0 Å². The van der Waals surface area contributed by atoms with E-state index in [4.69, 9.17) is 0 Å². The maximum Gasteiger partial charge on any atom is 0.227 e. The summed E-state index contributed by atoms with van der Waals surface area (Å²) < 4.78 is 0. The fourth-order valence-electron chi connectivity index (χ4n) is 2.21. The Balaban J connectivity index is 2.47. The lowest BCUT2D eigenvalue weighted by molar-refractivity contribution is -0.118. The molecule has 1 aromatic rings. The highest BCUT2D eigenvalue weighted by Gasteiger charge is 2.23. The molecule has 0 N–H and O–H groups in total. The van der Waals surface area contributed by atoms with Crippen molar-refractivity contribution in [2.24, 2.45) is 0 Å². The molecule has 1 aromatic carbocycles. The van der Waals surface area contributed by atoms with Gasteiger partial charge in [-0.2, -0.15) is 0 Å². The van der Waals surface area contributed by atoms with E-state index in [2.05, 4.69) is 26.0 Å². The number of hydrogen-bond acceptors (Lipinski definition) is 1. The van der Waals surface area contributed by atoms with Gasteiger partial charge in [0.05, 0.1) is 0 Å². The van der Waals surface area contributed by atoms with Crippen LogP contribution >= 0.6 is 0 Å². The molecule has 0 spiro atoms. The Labute approximate surface area is 90.9 Å². The summed E-state index contributed by atoms with van der Waals surface area (Å²) in [6.45, 7) is 4.14. The van der Waals surface area contributed by atoms with E-state index in [1.165, 1.54) is 5.56 Å². The van der Waals surface area contributed by atoms with Crippen LogP contribution in [0.3, 0.4) is 0 Å². The normalized spacial score (nSPS) is 16.5. The zero-order valence-electron chi connectivity index (χ0n) is 9.36. The largest absolute Gasteiger partial charge is 0.310 e. The van der Waals surface area contributed by atoms with Crippen molar-refractivity contribution < 1.29 is 4.79 Å². The van der Waals surface area contributed by atoms with Crippen LogP contribution in [-0.2, 0) is 11.2 Å². The van der Waals surface area contributed by atoms with E-state index < -0.39 is 0 Å². The van der Waals surface area contributed by atoms with Crippen molar-refractivity contribution in [3.05, 3.63) is 29.8 Å². The molecule has 80 valence electrons. The van der Waals surface area contributed by atoms with Crippen molar-refractivity contribution >= 4 is 11.6 Å². The maximum atomic E-state index is 11.9. The van der Waals surface area contributed by atoms with Gasteiger partial charge in [0, 0.05) is 18.2 Å². The molecule has 2 heteroatoms. The summed E-state index contributed by atoms with van der Waals surface area (Å²) in [7, 11) is 0. The SMILES string of the molecule is CC(C)N1C(=O)CCCc2ccccc21. The molecule has 0 unspecified atom stereocenters. The molecule has 0 aromatic heterocycles. The summed E-state index contributed by atoms with van der Waals surface area (Å²) in [6.07, 6.45) is 2.66. The third kappa shape index (κ3) is 1.89. The molecule has 0 saturated carbocycles. The summed E-state index contributed by atoms with van der Waals surface area (Å²) in [5.41, 5.74) is 2.41. The van der Waals surface area contributed by atoms with Gasteiger partial charge in [-0.15, -0.1) is 0 Å². The highest BCUT2D eigenvalue weighted by molar-refractivity contribution is 5.95. The Kier molecular flexibility index (Phi) is 2.76. The molecule has 0 saturated heterocycles. The molecule has 1 amide bonds. The van der Waals surface area contributed by atoms with Crippen LogP contribution in [0.15, 0.2) is 24.3 Å². The predicted molar refractivity (Wildman–Crippen MR) is 62.0 cm³/mol. The standard InChI is InChI=1S/C13H17NO/c1-10(2)14-12-8-4-3-6-11(12)7-5-9-13(14)15/h3-4,6,8,10H,5,7,9H2,1-2H3. The first kappa shape index (κ1) is 10.2. The summed E-state index contributed by atoms with van der Waals surface area (Å²) in [6, 6.07) is 8.48. The van der Waals surface area contributed by atoms with Gasteiger partial charge in [0.15, 0.2) is 0 Å². The van der Waals surface area contributed by atoms with Crippen LogP contribution < -0.4 is 4.90 Å². The number of rotatable bonds is 1. The zero-order valence-corrected chi connectivity index (χ0v) is 9.36. The van der Waals surface area contributed by atoms with Crippen LogP contribution in [0.4, 0.5) is 5.69 Å². The summed E-state index contributed by atoms with van der Waals surface area (Å²) >= 11 is 0. The second-order valence-electron chi connectivity index (χ2n) is 4.34. The predicted octanol–water partition coefficient (Wildman–Crippen LogP) is 2.76. The highest BCUT2D eigenvalue weighted by Crippen LogP contribution is 2.28. The lowest BCUT2D eigenvalue weighted by Gasteiger charge is -2.26. The molecule has 1 aliphatic rings. The Bertz CT molecular complexity index is 371. The van der Waals surface area contributed by atoms with Gasteiger partial charge in [-0.25, -0.2) is 0 Å². The quantitative estimate of drug-likeness (QED) is 0.687. The van der Waals surface area contributed by atoms with Gasteiger partial charge in [0.1, 0.15) is 0 Å². The second-order valence-corrected chi connectivity index (χ2v) is 4.34. The van der Waals surface area contributed by atoms with Gasteiger partial charge in [0.2, 0.25) is 5.91 Å². The summed E-state index contributed by atoms with van der Waals surface area (Å²) in [5, 5.41) is 0. The number of para-hydroxylation sites is 1. The third-order valence-electron chi connectivity index (χ3n) is 2.87. The van der Waals surface area contributed by atoms with Gasteiger partial charge in [0.25, 0.3) is 0 Å². The van der Waals surface area contributed by atoms with Crippen LogP contribution in [0.2, 0.25) is 0 Å². The second kappa shape index (κ2) is 4.05. The van der Waals surface area contributed by atoms with Crippen molar-refractivity contribution in [2.75, 3.05) is 4.90 Å². The van der Waals surface area contributed by atoms with Crippen LogP contribution in [0, 0.1) is 0 Å². The van der Waals surface area contributed by atoms with E-state index in [-0.39, 0.29) is 11.9 Å². The molecule has 2 nitrogen and oxygen atoms in total. The van der Waals surface area contributed by atoms with Gasteiger partial charge >= 0.3 is 0 Å². The minimum absolute atomic E-state index is 0.247. The van der Waals surface area contributed by atoms with Gasteiger partial charge < -0.3 is 4.90 Å². The molecule has 1 heterocycles. The molecule has 2 rings (SSSR count). The Hall–Kier alpha value is -1.31. The van der Waals surface area contributed by atoms with E-state index >= 15 is 0 Å². The number of nitrogens with zero attached hydrogens (tertiary/aromatic N) is 1. The van der Waals surface area contributed by atoms with E-state index in [0.29, 0.717) is 6.42 Å². The van der Waals surface area contributed by atoms with Gasteiger partial charge in [-0.05, 0) is 38.3 Å². The number of aryl methyl sites for hydroxylation is 1. The fraction of sp³-hybridized carbons (Fsp3) is 0.462. The lowest BCUT2D eigenvalue weighted by atomic mass is 10.1. The topological polar surface area (TPSA) is 20.3 Å². The van der Waals surface area contributed by atoms with Gasteiger partial charge in [-0.1, -0.05) is 18.2 Å². The zero-order chi connectivity index (χ0) is 10.8. The van der Waals surface area contributed by atoms with E-state index in [0.717, 1.165) is 18.5 Å². The molecule has 0 fully saturated rings. The number of carbonyl (C=O) groups excluding carboxylic acids is 1. The van der Waals surface area contributed by atoms with E-state index in [1.54, 1.807) is 0 Å². The average Bonchev–Trinajstić information content (AvgIpc) is 2.35. The summed E-state index contributed by atoms with van der Waals surface area (Å²) in [5.74, 6) is 0.259. The van der Waals surface area contributed by atoms with Crippen molar-refractivity contribution in [1.29, 1.82) is 0 Å². The van der Waals surface area contributed by atoms with E-state index in [1.807, 2.05) is 17.0 Å². The van der Waals surface area contributed by atoms with Crippen LogP contribution in [0.1, 0.15) is 32.3 Å². The Morgan fingerprint density at radius 3 is 2.67 bits per heavy atom. The van der Waals surface area contributed by atoms with E-state index in [9.17, 15) is 4.79 Å². The number of fused-ring (bicyclic) bond motifs is 1. The summed E-state index contributed by atoms with van der Waals surface area (Å²) in [4.78, 5) is 13.9. The minimum atomic E-state index is 0.247. The monoisotopic (exact) mass is 203 g/mol. The minimum Gasteiger partial charge on any atom is -0.310 e. The fourth-order valence-corrected chi connectivity index (χ4v) is 2.21. The number of amides is 1. The van der Waals surface area contributed by atoms with Crippen molar-refractivity contribution in [3.63, 3.8) is 0 Å². The number of carbonyl (C=O) groups is 1. The smallest absolute Gasteiger partial charge is 0.227 e. The van der Waals surface area contributed by atoms with Crippen molar-refractivity contribution in [2.45, 2.75) is 39.2 Å². The maximum absolute atomic E-state index is 11.9. The first-order valence-corrected chi connectivity index (χ1v) is 5.60. The molecule has 0 aliphatic carbocycles. The molecule has 1 aliphatic heterocycles. The first-order chi connectivity index (χ1) is 7.20. The van der Waals surface area contributed by atoms with Crippen molar-refractivity contribution in [1.82, 2.24) is 0 Å². The molecule has 0 radical (unpaired) electrons. The molecular weight excluding hydrogens is 186 g/mol. The van der Waals surface area contributed by atoms with Crippen LogP contribution in [-0.4, -0.2) is 11.9 Å². The first-order valence-electron chi connectivity index (χ1n) is 5.60. The molecule has 0 atom stereocenters. The Morgan fingerprint density at radius 1 is 1.20 bits per heavy atom. The third-order valence-corrected chi connectivity index (χ3v) is 2.87. The molecule has 0 bridgehead atoms. The number of hydrogen-bond donors (Lipinski definition) is 0. The van der Waals surface area contributed by atoms with Gasteiger partial charge in [-0.3, -0.25) is 4.79 Å². The number of benzene rings is 1. The average molecular weight is 203 g/mol. The number of anilines is 1. The highest BCUT2D eigenvalue weighted by atomic mass is 16.2. The molecular formula is C13H17NO. The van der Waals surface area contributed by atoms with Crippen LogP contribution in [0.25, 0.3) is 0 Å². The van der Waals surface area contributed by atoms with Crippen molar-refractivity contribution in [3.8, 4) is 0 Å².